The molecule has 11 heteroatoms. The summed E-state index contributed by atoms with van der Waals surface area (Å²) in [7, 11) is 0. The van der Waals surface area contributed by atoms with E-state index < -0.39 is 40.5 Å². The molecule has 2 fully saturated rings. The second-order valence-corrected chi connectivity index (χ2v) is 7.08. The van der Waals surface area contributed by atoms with E-state index in [2.05, 4.69) is 0 Å². The highest BCUT2D eigenvalue weighted by atomic mass is 16.8. The number of likely N-dealkylation sites (tertiary alicyclic amines) is 1. The van der Waals surface area contributed by atoms with E-state index in [0.717, 1.165) is 4.90 Å². The Bertz CT molecular complexity index is 882. The van der Waals surface area contributed by atoms with E-state index in [1.807, 2.05) is 0 Å². The molecule has 0 saturated carbocycles. The van der Waals surface area contributed by atoms with Crippen molar-refractivity contribution < 1.29 is 38.3 Å². The van der Waals surface area contributed by atoms with E-state index in [9.17, 15) is 29.3 Å². The number of cyclic esters (lactones) is 2. The first-order chi connectivity index (χ1) is 13.6. The topological polar surface area (TPSA) is 142 Å². The molecule has 29 heavy (non-hydrogen) atoms. The number of hydrogen-bond acceptors (Lipinski definition) is 9. The number of amides is 1. The maximum Gasteiger partial charge on any atom is 0.509 e. The summed E-state index contributed by atoms with van der Waals surface area (Å²) < 4.78 is 15.1. The van der Waals surface area contributed by atoms with Crippen LogP contribution in [0.15, 0.2) is 24.3 Å². The van der Waals surface area contributed by atoms with Crippen molar-refractivity contribution in [1.82, 2.24) is 4.90 Å². The summed E-state index contributed by atoms with van der Waals surface area (Å²) >= 11 is 0. The highest BCUT2D eigenvalue weighted by Gasteiger charge is 2.64. The Balaban J connectivity index is 1.73. The van der Waals surface area contributed by atoms with Gasteiger partial charge in [-0.1, -0.05) is 0 Å². The third-order valence-corrected chi connectivity index (χ3v) is 4.81. The van der Waals surface area contributed by atoms with Crippen LogP contribution in [0.5, 0.6) is 0 Å². The van der Waals surface area contributed by atoms with Gasteiger partial charge in [-0.3, -0.25) is 19.7 Å². The Morgan fingerprint density at radius 1 is 1.31 bits per heavy atom. The van der Waals surface area contributed by atoms with Crippen LogP contribution in [0.25, 0.3) is 0 Å². The lowest BCUT2D eigenvalue weighted by Gasteiger charge is -2.49. The van der Waals surface area contributed by atoms with Crippen LogP contribution in [-0.2, 0) is 35.2 Å². The van der Waals surface area contributed by atoms with Gasteiger partial charge < -0.3 is 19.1 Å². The highest BCUT2D eigenvalue weighted by Crippen LogP contribution is 2.41. The van der Waals surface area contributed by atoms with Gasteiger partial charge in [0, 0.05) is 12.1 Å². The van der Waals surface area contributed by atoms with Gasteiger partial charge >= 0.3 is 12.1 Å². The number of hydrogen-bond donors (Lipinski definition) is 0. The first kappa shape index (κ1) is 20.2. The van der Waals surface area contributed by atoms with Gasteiger partial charge in [-0.25, -0.2) is 9.59 Å². The molecule has 0 bridgehead atoms. The van der Waals surface area contributed by atoms with Crippen LogP contribution in [0.2, 0.25) is 0 Å². The maximum absolute atomic E-state index is 12.7. The van der Waals surface area contributed by atoms with Gasteiger partial charge in [0.05, 0.1) is 11.5 Å². The number of ether oxygens (including phenoxy) is 3. The highest BCUT2D eigenvalue weighted by molar-refractivity contribution is 6.00. The lowest BCUT2D eigenvalue weighted by atomic mass is 9.75. The van der Waals surface area contributed by atoms with Crippen LogP contribution in [0.1, 0.15) is 19.4 Å². The Morgan fingerprint density at radius 2 is 1.97 bits per heavy atom. The number of nitro groups is 1. The third-order valence-electron chi connectivity index (χ3n) is 4.81. The van der Waals surface area contributed by atoms with Gasteiger partial charge in [-0.2, -0.15) is 0 Å². The molecule has 1 amide bonds. The zero-order chi connectivity index (χ0) is 21.3. The number of carbonyl (C=O) groups is 4. The molecule has 0 aliphatic carbocycles. The second-order valence-electron chi connectivity index (χ2n) is 7.08. The van der Waals surface area contributed by atoms with Gasteiger partial charge in [-0.05, 0) is 31.5 Å². The maximum atomic E-state index is 12.7. The molecule has 0 spiro atoms. The van der Waals surface area contributed by atoms with Crippen molar-refractivity contribution >= 4 is 29.5 Å². The molecule has 2 aliphatic rings. The SMILES string of the molecule is CC(=O)CN1C(=O)C(C2(C)COC(=O)O2)C1C(=O)OCc1ccc([N+](=O)[O-])cc1. The first-order valence-corrected chi connectivity index (χ1v) is 8.68. The van der Waals surface area contributed by atoms with Crippen LogP contribution in [-0.4, -0.2) is 58.4 Å². The fourth-order valence-electron chi connectivity index (χ4n) is 3.38. The molecule has 1 aromatic carbocycles. The van der Waals surface area contributed by atoms with Gasteiger partial charge in [-0.15, -0.1) is 0 Å². The molecule has 0 aromatic heterocycles. The minimum Gasteiger partial charge on any atom is -0.459 e. The fourth-order valence-corrected chi connectivity index (χ4v) is 3.38. The molecule has 0 N–H and O–H groups in total. The van der Waals surface area contributed by atoms with E-state index in [1.54, 1.807) is 0 Å². The Morgan fingerprint density at radius 3 is 2.48 bits per heavy atom. The Labute approximate surface area is 164 Å². The average Bonchev–Trinajstić information content (AvgIpc) is 3.01. The fraction of sp³-hybridized carbons (Fsp3) is 0.444. The summed E-state index contributed by atoms with van der Waals surface area (Å²) in [4.78, 5) is 59.3. The molecule has 3 atom stereocenters. The number of esters is 1. The number of rotatable bonds is 7. The third kappa shape index (κ3) is 3.89. The monoisotopic (exact) mass is 406 g/mol. The molecular weight excluding hydrogens is 388 g/mol. The van der Waals surface area contributed by atoms with Crippen LogP contribution in [0.3, 0.4) is 0 Å². The van der Waals surface area contributed by atoms with Crippen molar-refractivity contribution in [2.75, 3.05) is 13.2 Å². The molecule has 3 unspecified atom stereocenters. The van der Waals surface area contributed by atoms with Crippen molar-refractivity contribution in [3.8, 4) is 0 Å². The number of nitrogens with zero attached hydrogens (tertiary/aromatic N) is 2. The van der Waals surface area contributed by atoms with Crippen molar-refractivity contribution in [3.05, 3.63) is 39.9 Å². The number of non-ortho nitro benzene ring substituents is 1. The Hall–Kier alpha value is -3.50. The second kappa shape index (κ2) is 7.49. The molecule has 0 radical (unpaired) electrons. The number of benzene rings is 1. The predicted octanol–water partition coefficient (Wildman–Crippen LogP) is 0.979. The minimum atomic E-state index is -1.35. The summed E-state index contributed by atoms with van der Waals surface area (Å²) in [5, 5.41) is 10.7. The average molecular weight is 406 g/mol. The number of nitro benzene ring substituents is 1. The number of ketones is 1. The molecule has 2 aliphatic heterocycles. The lowest BCUT2D eigenvalue weighted by molar-refractivity contribution is -0.384. The van der Waals surface area contributed by atoms with Crippen LogP contribution >= 0.6 is 0 Å². The van der Waals surface area contributed by atoms with Crippen LogP contribution < -0.4 is 0 Å². The van der Waals surface area contributed by atoms with E-state index in [4.69, 9.17) is 14.2 Å². The predicted molar refractivity (Wildman–Crippen MR) is 93.4 cm³/mol. The summed E-state index contributed by atoms with van der Waals surface area (Å²) in [6, 6.07) is 4.31. The molecular formula is C18H18N2O9. The van der Waals surface area contributed by atoms with E-state index >= 15 is 0 Å². The van der Waals surface area contributed by atoms with Gasteiger partial charge in [0.25, 0.3) is 5.69 Å². The molecule has 11 nitrogen and oxygen atoms in total. The van der Waals surface area contributed by atoms with Crippen LogP contribution in [0.4, 0.5) is 10.5 Å². The van der Waals surface area contributed by atoms with E-state index in [-0.39, 0.29) is 31.2 Å². The number of carbonyl (C=O) groups excluding carboxylic acids is 4. The number of Topliss-reactive ketones (excluding diaryl/α,β-unsaturated/α-hetero) is 1. The molecule has 2 saturated heterocycles. The van der Waals surface area contributed by atoms with Gasteiger partial charge in [0.15, 0.2) is 5.60 Å². The van der Waals surface area contributed by atoms with E-state index in [0.29, 0.717) is 5.56 Å². The van der Waals surface area contributed by atoms with Crippen molar-refractivity contribution in [3.63, 3.8) is 0 Å². The smallest absolute Gasteiger partial charge is 0.459 e. The van der Waals surface area contributed by atoms with Gasteiger partial charge in [0.2, 0.25) is 5.91 Å². The molecule has 2 heterocycles. The van der Waals surface area contributed by atoms with Crippen molar-refractivity contribution in [2.24, 2.45) is 5.92 Å². The Kier molecular flexibility index (Phi) is 5.23. The lowest BCUT2D eigenvalue weighted by Crippen LogP contribution is -2.71. The van der Waals surface area contributed by atoms with Crippen molar-refractivity contribution in [2.45, 2.75) is 32.1 Å². The quantitative estimate of drug-likeness (QED) is 0.280. The largest absolute Gasteiger partial charge is 0.509 e. The van der Waals surface area contributed by atoms with Crippen LogP contribution in [0, 0.1) is 16.0 Å². The first-order valence-electron chi connectivity index (χ1n) is 8.68. The normalized spacial score (nSPS) is 25.7. The molecule has 154 valence electrons. The summed E-state index contributed by atoms with van der Waals surface area (Å²) in [6.07, 6.45) is -0.941. The van der Waals surface area contributed by atoms with Crippen molar-refractivity contribution in [1.29, 1.82) is 0 Å². The molecule has 1 aromatic rings. The summed E-state index contributed by atoms with van der Waals surface area (Å²) in [5.41, 5.74) is -0.946. The minimum absolute atomic E-state index is 0.103. The standard InChI is InChI=1S/C18H18N2O9/c1-10(21)7-19-14(13(15(19)22)18(2)9-28-17(24)29-18)16(23)27-8-11-3-5-12(6-4-11)20(25)26/h3-6,13-14H,7-9H2,1-2H3. The number of β-lactam (4-membered cyclic amide) rings is 1. The zero-order valence-corrected chi connectivity index (χ0v) is 15.7. The van der Waals surface area contributed by atoms with E-state index in [1.165, 1.54) is 38.1 Å². The molecule has 3 rings (SSSR count). The summed E-state index contributed by atoms with van der Waals surface area (Å²) in [6.45, 7) is 2.08. The van der Waals surface area contributed by atoms with Gasteiger partial charge in [0.1, 0.15) is 31.0 Å². The summed E-state index contributed by atoms with van der Waals surface area (Å²) in [5.74, 6) is -2.66. The zero-order valence-electron chi connectivity index (χ0n) is 15.7.